The molecule has 4 rings (SSSR count). The van der Waals surface area contributed by atoms with Crippen molar-refractivity contribution in [2.45, 2.75) is 19.9 Å². The smallest absolute Gasteiger partial charge is 0.300 e. The SMILES string of the molecule is COc1ccc(/C(O)=C2\C(=O)C(=O)N(c3ccccc3C)C2c2ccccc2OC)cc1C. The Morgan fingerprint density at radius 3 is 2.18 bits per heavy atom. The molecular formula is C27H25NO5. The first-order chi connectivity index (χ1) is 15.9. The van der Waals surface area contributed by atoms with Crippen molar-refractivity contribution >= 4 is 23.1 Å². The first-order valence-corrected chi connectivity index (χ1v) is 10.5. The van der Waals surface area contributed by atoms with Gasteiger partial charge < -0.3 is 14.6 Å². The molecule has 1 aliphatic heterocycles. The van der Waals surface area contributed by atoms with Gasteiger partial charge in [0, 0.05) is 16.8 Å². The summed E-state index contributed by atoms with van der Waals surface area (Å²) in [4.78, 5) is 28.1. The molecule has 33 heavy (non-hydrogen) atoms. The minimum Gasteiger partial charge on any atom is -0.507 e. The maximum absolute atomic E-state index is 13.3. The lowest BCUT2D eigenvalue weighted by Gasteiger charge is -2.27. The number of anilines is 1. The van der Waals surface area contributed by atoms with Crippen LogP contribution in [-0.2, 0) is 9.59 Å². The van der Waals surface area contributed by atoms with Crippen LogP contribution in [0, 0.1) is 13.8 Å². The summed E-state index contributed by atoms with van der Waals surface area (Å²) in [6.07, 6.45) is 0. The number of hydrogen-bond donors (Lipinski definition) is 1. The molecule has 1 aliphatic rings. The monoisotopic (exact) mass is 443 g/mol. The Morgan fingerprint density at radius 1 is 0.848 bits per heavy atom. The molecule has 1 N–H and O–H groups in total. The lowest BCUT2D eigenvalue weighted by molar-refractivity contribution is -0.132. The van der Waals surface area contributed by atoms with E-state index in [9.17, 15) is 14.7 Å². The molecule has 0 aliphatic carbocycles. The molecule has 1 heterocycles. The van der Waals surface area contributed by atoms with Crippen molar-refractivity contribution in [2.24, 2.45) is 0 Å². The third kappa shape index (κ3) is 3.74. The predicted octanol–water partition coefficient (Wildman–Crippen LogP) is 4.95. The maximum Gasteiger partial charge on any atom is 0.300 e. The molecule has 0 radical (unpaired) electrons. The molecule has 1 fully saturated rings. The molecule has 1 saturated heterocycles. The van der Waals surface area contributed by atoms with Crippen LogP contribution in [0.1, 0.15) is 28.3 Å². The van der Waals surface area contributed by atoms with Crippen LogP contribution >= 0.6 is 0 Å². The number of aryl methyl sites for hydroxylation is 2. The number of rotatable bonds is 5. The summed E-state index contributed by atoms with van der Waals surface area (Å²) in [5, 5.41) is 11.3. The number of nitrogens with zero attached hydrogens (tertiary/aromatic N) is 1. The second-order valence-corrected chi connectivity index (χ2v) is 7.88. The number of methoxy groups -OCH3 is 2. The summed E-state index contributed by atoms with van der Waals surface area (Å²) in [5.41, 5.74) is 3.27. The summed E-state index contributed by atoms with van der Waals surface area (Å²) in [5.74, 6) is -0.522. The number of ketones is 1. The number of carbonyl (C=O) groups excluding carboxylic acids is 2. The van der Waals surface area contributed by atoms with Crippen molar-refractivity contribution in [3.8, 4) is 11.5 Å². The van der Waals surface area contributed by atoms with Crippen molar-refractivity contribution in [1.29, 1.82) is 0 Å². The number of benzene rings is 3. The minimum atomic E-state index is -0.857. The fourth-order valence-electron chi connectivity index (χ4n) is 4.28. The molecule has 168 valence electrons. The molecule has 6 nitrogen and oxygen atoms in total. The fourth-order valence-corrected chi connectivity index (χ4v) is 4.28. The Kier molecular flexibility index (Phi) is 5.92. The summed E-state index contributed by atoms with van der Waals surface area (Å²) in [6.45, 7) is 3.72. The Morgan fingerprint density at radius 2 is 1.52 bits per heavy atom. The third-order valence-corrected chi connectivity index (χ3v) is 5.92. The van der Waals surface area contributed by atoms with Crippen LogP contribution in [0.3, 0.4) is 0 Å². The second-order valence-electron chi connectivity index (χ2n) is 7.88. The van der Waals surface area contributed by atoms with Gasteiger partial charge in [-0.1, -0.05) is 36.4 Å². The highest BCUT2D eigenvalue weighted by atomic mass is 16.5. The first-order valence-electron chi connectivity index (χ1n) is 10.5. The van der Waals surface area contributed by atoms with Crippen LogP contribution in [0.5, 0.6) is 11.5 Å². The van der Waals surface area contributed by atoms with Gasteiger partial charge in [-0.15, -0.1) is 0 Å². The highest BCUT2D eigenvalue weighted by Gasteiger charge is 2.48. The molecule has 0 aromatic heterocycles. The average molecular weight is 443 g/mol. The van der Waals surface area contributed by atoms with Gasteiger partial charge in [0.15, 0.2) is 0 Å². The fraction of sp³-hybridized carbons (Fsp3) is 0.185. The van der Waals surface area contributed by atoms with E-state index >= 15 is 0 Å². The number of para-hydroxylation sites is 2. The largest absolute Gasteiger partial charge is 0.507 e. The summed E-state index contributed by atoms with van der Waals surface area (Å²) >= 11 is 0. The standard InChI is InChI=1S/C27H25NO5/c1-16-9-5-7-11-20(16)28-24(19-10-6-8-12-22(19)33-4)23(26(30)27(28)31)25(29)18-13-14-21(32-3)17(2)15-18/h5-15,24,29H,1-4H3/b25-23+. The van der Waals surface area contributed by atoms with Crippen molar-refractivity contribution in [3.05, 3.63) is 94.6 Å². The predicted molar refractivity (Wildman–Crippen MR) is 127 cm³/mol. The normalized spacial score (nSPS) is 17.3. The first kappa shape index (κ1) is 22.1. The third-order valence-electron chi connectivity index (χ3n) is 5.92. The molecule has 0 bridgehead atoms. The summed E-state index contributed by atoms with van der Waals surface area (Å²) in [7, 11) is 3.10. The molecule has 1 atom stereocenters. The molecule has 0 spiro atoms. The Balaban J connectivity index is 2.00. The van der Waals surface area contributed by atoms with Gasteiger partial charge in [-0.05, 0) is 55.3 Å². The lowest BCUT2D eigenvalue weighted by atomic mass is 9.93. The number of amides is 1. The van der Waals surface area contributed by atoms with Crippen LogP contribution in [-0.4, -0.2) is 31.0 Å². The highest BCUT2D eigenvalue weighted by molar-refractivity contribution is 6.51. The number of hydrogen-bond acceptors (Lipinski definition) is 5. The molecule has 3 aromatic rings. The van der Waals surface area contributed by atoms with Crippen LogP contribution in [0.25, 0.3) is 5.76 Å². The summed E-state index contributed by atoms with van der Waals surface area (Å²) in [6, 6.07) is 18.8. The Bertz CT molecular complexity index is 1280. The molecular weight excluding hydrogens is 418 g/mol. The topological polar surface area (TPSA) is 76.1 Å². The van der Waals surface area contributed by atoms with Crippen molar-refractivity contribution in [2.75, 3.05) is 19.1 Å². The van der Waals surface area contributed by atoms with Gasteiger partial charge in [-0.2, -0.15) is 0 Å². The minimum absolute atomic E-state index is 0.0114. The zero-order valence-electron chi connectivity index (χ0n) is 19.0. The van der Waals surface area contributed by atoms with E-state index in [0.29, 0.717) is 28.3 Å². The van der Waals surface area contributed by atoms with Crippen LogP contribution in [0.4, 0.5) is 5.69 Å². The van der Waals surface area contributed by atoms with Crippen molar-refractivity contribution in [3.63, 3.8) is 0 Å². The second kappa shape index (κ2) is 8.82. The van der Waals surface area contributed by atoms with E-state index in [4.69, 9.17) is 9.47 Å². The van der Waals surface area contributed by atoms with Crippen LogP contribution in [0.2, 0.25) is 0 Å². The van der Waals surface area contributed by atoms with Crippen LogP contribution < -0.4 is 14.4 Å². The lowest BCUT2D eigenvalue weighted by Crippen LogP contribution is -2.30. The number of carbonyl (C=O) groups is 2. The van der Waals surface area contributed by atoms with Crippen molar-refractivity contribution < 1.29 is 24.2 Å². The summed E-state index contributed by atoms with van der Waals surface area (Å²) < 4.78 is 10.9. The van der Waals surface area contributed by atoms with Gasteiger partial charge in [0.25, 0.3) is 11.7 Å². The number of aliphatic hydroxyl groups excluding tert-OH is 1. The van der Waals surface area contributed by atoms with Gasteiger partial charge in [0.1, 0.15) is 17.3 Å². The van der Waals surface area contributed by atoms with E-state index in [0.717, 1.165) is 11.1 Å². The molecule has 1 amide bonds. The average Bonchev–Trinajstić information content (AvgIpc) is 3.09. The zero-order valence-corrected chi connectivity index (χ0v) is 19.0. The highest BCUT2D eigenvalue weighted by Crippen LogP contribution is 2.45. The van der Waals surface area contributed by atoms with Crippen LogP contribution in [0.15, 0.2) is 72.3 Å². The van der Waals surface area contributed by atoms with Gasteiger partial charge >= 0.3 is 0 Å². The van der Waals surface area contributed by atoms with Gasteiger partial charge in [0.05, 0.1) is 25.8 Å². The quantitative estimate of drug-likeness (QED) is 0.343. The maximum atomic E-state index is 13.3. The molecule has 3 aromatic carbocycles. The van der Waals surface area contributed by atoms with E-state index in [2.05, 4.69) is 0 Å². The molecule has 6 heteroatoms. The van der Waals surface area contributed by atoms with E-state index in [-0.39, 0.29) is 11.3 Å². The van der Waals surface area contributed by atoms with Gasteiger partial charge in [-0.3, -0.25) is 14.5 Å². The van der Waals surface area contributed by atoms with E-state index < -0.39 is 17.7 Å². The molecule has 1 unspecified atom stereocenters. The van der Waals surface area contributed by atoms with E-state index in [1.54, 1.807) is 43.5 Å². The van der Waals surface area contributed by atoms with Crippen molar-refractivity contribution in [1.82, 2.24) is 0 Å². The Labute approximate surface area is 192 Å². The number of Topliss-reactive ketones (excluding diaryl/α,β-unsaturated/α-hetero) is 1. The Hall–Kier alpha value is -4.06. The molecule has 0 saturated carbocycles. The number of aliphatic hydroxyl groups is 1. The zero-order chi connectivity index (χ0) is 23.7. The van der Waals surface area contributed by atoms with Gasteiger partial charge in [0.2, 0.25) is 0 Å². The number of ether oxygens (including phenoxy) is 2. The van der Waals surface area contributed by atoms with E-state index in [1.165, 1.54) is 12.0 Å². The van der Waals surface area contributed by atoms with Gasteiger partial charge in [-0.25, -0.2) is 0 Å². The van der Waals surface area contributed by atoms with E-state index in [1.807, 2.05) is 44.2 Å².